The molecule has 2 aromatic carbocycles. The van der Waals surface area contributed by atoms with Crippen molar-refractivity contribution in [2.24, 2.45) is 0 Å². The van der Waals surface area contributed by atoms with E-state index in [0.29, 0.717) is 0 Å². The first kappa shape index (κ1) is 17.1. The van der Waals surface area contributed by atoms with Crippen LogP contribution in [-0.4, -0.2) is 41.5 Å². The Kier molecular flexibility index (Phi) is 5.07. The highest BCUT2D eigenvalue weighted by atomic mass is 16.5. The van der Waals surface area contributed by atoms with Crippen LogP contribution in [0, 0.1) is 6.67 Å². The third-order valence-electron chi connectivity index (χ3n) is 4.13. The minimum absolute atomic E-state index is 0.734. The average Bonchev–Trinajstić information content (AvgIpc) is 3.15. The van der Waals surface area contributed by atoms with Gasteiger partial charge in [-0.2, -0.15) is 0 Å². The molecule has 0 aromatic heterocycles. The second-order valence-corrected chi connectivity index (χ2v) is 5.43. The third-order valence-corrected chi connectivity index (χ3v) is 4.13. The van der Waals surface area contributed by atoms with Crippen molar-refractivity contribution >= 4 is 11.4 Å². The Hall–Kier alpha value is -2.76. The van der Waals surface area contributed by atoms with Crippen LogP contribution in [0.5, 0.6) is 23.0 Å². The van der Waals surface area contributed by atoms with E-state index >= 15 is 0 Å². The van der Waals surface area contributed by atoms with Gasteiger partial charge in [-0.05, 0) is 24.3 Å². The van der Waals surface area contributed by atoms with Crippen LogP contribution in [0.3, 0.4) is 0 Å². The number of para-hydroxylation sites is 2. The van der Waals surface area contributed by atoms with E-state index in [9.17, 15) is 0 Å². The quantitative estimate of drug-likeness (QED) is 0.804. The van der Waals surface area contributed by atoms with Crippen LogP contribution in [0.15, 0.2) is 36.4 Å². The molecule has 0 bridgehead atoms. The smallest absolute Gasteiger partial charge is 0.209 e. The molecule has 1 fully saturated rings. The zero-order chi connectivity index (χ0) is 17.8. The fourth-order valence-electron chi connectivity index (χ4n) is 2.96. The zero-order valence-corrected chi connectivity index (χ0v) is 14.9. The van der Waals surface area contributed by atoms with Crippen molar-refractivity contribution in [3.05, 3.63) is 43.1 Å². The zero-order valence-electron chi connectivity index (χ0n) is 14.9. The highest BCUT2D eigenvalue weighted by molar-refractivity contribution is 5.75. The summed E-state index contributed by atoms with van der Waals surface area (Å²) < 4.78 is 22.0. The normalized spacial score (nSPS) is 13.8. The van der Waals surface area contributed by atoms with E-state index in [2.05, 4.69) is 6.67 Å². The van der Waals surface area contributed by atoms with Gasteiger partial charge in [-0.3, -0.25) is 0 Å². The molecule has 6 heteroatoms. The molecule has 0 unspecified atom stereocenters. The van der Waals surface area contributed by atoms with Gasteiger partial charge >= 0.3 is 0 Å². The van der Waals surface area contributed by atoms with Crippen molar-refractivity contribution in [3.8, 4) is 23.0 Å². The van der Waals surface area contributed by atoms with Crippen molar-refractivity contribution < 1.29 is 18.9 Å². The van der Waals surface area contributed by atoms with E-state index in [-0.39, 0.29) is 0 Å². The second-order valence-electron chi connectivity index (χ2n) is 5.43. The molecular formula is C19H22N2O4. The molecule has 132 valence electrons. The van der Waals surface area contributed by atoms with Crippen molar-refractivity contribution in [1.82, 2.24) is 0 Å². The predicted octanol–water partition coefficient (Wildman–Crippen LogP) is 3.04. The van der Waals surface area contributed by atoms with Gasteiger partial charge in [0, 0.05) is 13.1 Å². The lowest BCUT2D eigenvalue weighted by Crippen LogP contribution is -2.20. The van der Waals surface area contributed by atoms with Gasteiger partial charge in [0.05, 0.1) is 28.4 Å². The van der Waals surface area contributed by atoms with E-state index < -0.39 is 0 Å². The van der Waals surface area contributed by atoms with E-state index in [1.807, 2.05) is 46.2 Å². The molecule has 1 heterocycles. The first-order chi connectivity index (χ1) is 12.2. The van der Waals surface area contributed by atoms with Crippen LogP contribution in [0.25, 0.3) is 0 Å². The lowest BCUT2D eigenvalue weighted by Gasteiger charge is -2.24. The van der Waals surface area contributed by atoms with Gasteiger partial charge in [0.15, 0.2) is 0 Å². The fourth-order valence-corrected chi connectivity index (χ4v) is 2.96. The van der Waals surface area contributed by atoms with Crippen LogP contribution in [0.1, 0.15) is 0 Å². The Morgan fingerprint density at radius 2 is 0.960 bits per heavy atom. The Labute approximate surface area is 148 Å². The molecule has 2 radical (unpaired) electrons. The number of methoxy groups -OCH3 is 4. The van der Waals surface area contributed by atoms with Crippen LogP contribution >= 0.6 is 0 Å². The molecule has 6 nitrogen and oxygen atoms in total. The number of ether oxygens (including phenoxy) is 4. The molecule has 2 aromatic rings. The van der Waals surface area contributed by atoms with Crippen LogP contribution in [0.2, 0.25) is 0 Å². The van der Waals surface area contributed by atoms with Gasteiger partial charge in [0.1, 0.15) is 34.4 Å². The van der Waals surface area contributed by atoms with Crippen molar-refractivity contribution in [1.29, 1.82) is 0 Å². The number of benzene rings is 2. The molecule has 0 N–H and O–H groups in total. The summed E-state index contributed by atoms with van der Waals surface area (Å²) in [6.07, 6.45) is 0. The summed E-state index contributed by atoms with van der Waals surface area (Å²) in [5, 5.41) is 0. The predicted molar refractivity (Wildman–Crippen MR) is 97.0 cm³/mol. The van der Waals surface area contributed by atoms with Crippen molar-refractivity contribution in [2.75, 3.05) is 51.3 Å². The summed E-state index contributed by atoms with van der Waals surface area (Å²) in [6, 6.07) is 11.4. The van der Waals surface area contributed by atoms with E-state index in [0.717, 1.165) is 47.5 Å². The number of hydrogen-bond acceptors (Lipinski definition) is 6. The molecule has 0 amide bonds. The SMILES string of the molecule is COc1cccc(OC)c1N1[C]N(c2c(OC)cccc2OC)CC1. The summed E-state index contributed by atoms with van der Waals surface area (Å²) in [4.78, 5) is 3.98. The van der Waals surface area contributed by atoms with Crippen LogP contribution in [-0.2, 0) is 0 Å². The number of anilines is 2. The van der Waals surface area contributed by atoms with Gasteiger partial charge in [0.2, 0.25) is 6.67 Å². The first-order valence-electron chi connectivity index (χ1n) is 7.96. The second kappa shape index (κ2) is 7.42. The van der Waals surface area contributed by atoms with E-state index in [1.54, 1.807) is 28.4 Å². The fraction of sp³-hybridized carbons (Fsp3) is 0.316. The Balaban J connectivity index is 1.94. The third kappa shape index (κ3) is 3.12. The van der Waals surface area contributed by atoms with Gasteiger partial charge in [0.25, 0.3) is 0 Å². The maximum Gasteiger partial charge on any atom is 0.209 e. The molecule has 1 aliphatic heterocycles. The monoisotopic (exact) mass is 342 g/mol. The number of rotatable bonds is 6. The molecule has 0 saturated carbocycles. The van der Waals surface area contributed by atoms with E-state index in [1.165, 1.54) is 0 Å². The maximum absolute atomic E-state index is 5.50. The molecular weight excluding hydrogens is 320 g/mol. The largest absolute Gasteiger partial charge is 0.494 e. The lowest BCUT2D eigenvalue weighted by molar-refractivity contribution is 0.395. The van der Waals surface area contributed by atoms with Gasteiger partial charge in [-0.1, -0.05) is 12.1 Å². The summed E-state index contributed by atoms with van der Waals surface area (Å²) >= 11 is 0. The van der Waals surface area contributed by atoms with Crippen molar-refractivity contribution in [3.63, 3.8) is 0 Å². The topological polar surface area (TPSA) is 43.4 Å². The summed E-state index contributed by atoms with van der Waals surface area (Å²) in [5.41, 5.74) is 1.70. The highest BCUT2D eigenvalue weighted by Gasteiger charge is 2.30. The lowest BCUT2D eigenvalue weighted by atomic mass is 10.2. The average molecular weight is 342 g/mol. The summed E-state index contributed by atoms with van der Waals surface area (Å²) in [6.45, 7) is 4.84. The van der Waals surface area contributed by atoms with Gasteiger partial charge < -0.3 is 28.7 Å². The minimum Gasteiger partial charge on any atom is -0.494 e. The minimum atomic E-state index is 0.734. The molecule has 1 aliphatic rings. The first-order valence-corrected chi connectivity index (χ1v) is 7.96. The Morgan fingerprint density at radius 1 is 0.640 bits per heavy atom. The molecule has 0 atom stereocenters. The molecule has 1 saturated heterocycles. The highest BCUT2D eigenvalue weighted by Crippen LogP contribution is 2.44. The van der Waals surface area contributed by atoms with Crippen molar-refractivity contribution in [2.45, 2.75) is 0 Å². The molecule has 0 aliphatic carbocycles. The summed E-state index contributed by atoms with van der Waals surface area (Å²) in [5.74, 6) is 2.95. The Bertz CT molecular complexity index is 629. The van der Waals surface area contributed by atoms with Gasteiger partial charge in [-0.15, -0.1) is 0 Å². The molecule has 3 rings (SSSR count). The van der Waals surface area contributed by atoms with Crippen LogP contribution in [0.4, 0.5) is 11.4 Å². The maximum atomic E-state index is 5.50. The van der Waals surface area contributed by atoms with Gasteiger partial charge in [-0.25, -0.2) is 0 Å². The van der Waals surface area contributed by atoms with Crippen LogP contribution < -0.4 is 28.7 Å². The number of nitrogens with zero attached hydrogens (tertiary/aromatic N) is 2. The molecule has 25 heavy (non-hydrogen) atoms. The standard InChI is InChI=1S/C19H22N2O4/c1-22-14-7-5-8-15(23-2)18(14)20-11-12-21(13-20)19-16(24-3)9-6-10-17(19)25-4/h5-10H,11-12H2,1-4H3. The number of hydrogen-bond donors (Lipinski definition) is 0. The summed E-state index contributed by atoms with van der Waals surface area (Å²) in [7, 11) is 6.59. The molecule has 0 spiro atoms. The van der Waals surface area contributed by atoms with E-state index in [4.69, 9.17) is 18.9 Å². The Morgan fingerprint density at radius 3 is 1.24 bits per heavy atom.